The van der Waals surface area contributed by atoms with E-state index in [4.69, 9.17) is 10.3 Å². The number of hydrogen-bond acceptors (Lipinski definition) is 5. The first kappa shape index (κ1) is 12.3. The fourth-order valence-corrected chi connectivity index (χ4v) is 2.66. The fourth-order valence-electron chi connectivity index (χ4n) is 2.66. The lowest BCUT2D eigenvalue weighted by Crippen LogP contribution is -2.38. The summed E-state index contributed by atoms with van der Waals surface area (Å²) in [6.07, 6.45) is 8.86. The molecule has 3 rings (SSSR count). The number of nitrogens with two attached hydrogens (primary N) is 1. The van der Waals surface area contributed by atoms with Gasteiger partial charge in [0.05, 0.1) is 5.54 Å². The van der Waals surface area contributed by atoms with Gasteiger partial charge in [-0.1, -0.05) is 24.4 Å². The van der Waals surface area contributed by atoms with Gasteiger partial charge in [0.2, 0.25) is 11.7 Å². The van der Waals surface area contributed by atoms with Crippen LogP contribution in [-0.2, 0) is 5.54 Å². The van der Waals surface area contributed by atoms with Crippen LogP contribution < -0.4 is 5.73 Å². The molecule has 100 valence electrons. The molecule has 1 aliphatic carbocycles. The van der Waals surface area contributed by atoms with Crippen molar-refractivity contribution in [3.05, 3.63) is 29.9 Å². The summed E-state index contributed by atoms with van der Waals surface area (Å²) >= 11 is 0. The number of rotatable bonds is 2. The molecule has 5 nitrogen and oxygen atoms in total. The first-order chi connectivity index (χ1) is 9.19. The predicted octanol–water partition coefficient (Wildman–Crippen LogP) is 2.56. The Morgan fingerprint density at radius 2 is 2.05 bits per heavy atom. The van der Waals surface area contributed by atoms with Crippen molar-refractivity contribution < 1.29 is 4.52 Å². The summed E-state index contributed by atoms with van der Waals surface area (Å²) in [6, 6.07) is 1.90. The van der Waals surface area contributed by atoms with E-state index in [9.17, 15) is 0 Å². The van der Waals surface area contributed by atoms with Crippen molar-refractivity contribution in [3.8, 4) is 11.4 Å². The van der Waals surface area contributed by atoms with Crippen molar-refractivity contribution in [1.29, 1.82) is 0 Å². The number of aryl methyl sites for hydroxylation is 1. The molecule has 0 unspecified atom stereocenters. The van der Waals surface area contributed by atoms with Crippen molar-refractivity contribution >= 4 is 0 Å². The maximum atomic E-state index is 6.40. The van der Waals surface area contributed by atoms with Gasteiger partial charge in [-0.15, -0.1) is 0 Å². The molecule has 2 aromatic rings. The summed E-state index contributed by atoms with van der Waals surface area (Å²) in [7, 11) is 0. The molecule has 0 saturated heterocycles. The molecule has 1 saturated carbocycles. The van der Waals surface area contributed by atoms with Crippen LogP contribution in [0.2, 0.25) is 0 Å². The van der Waals surface area contributed by atoms with Gasteiger partial charge in [0, 0.05) is 18.0 Å². The van der Waals surface area contributed by atoms with E-state index in [1.807, 2.05) is 13.0 Å². The predicted molar refractivity (Wildman–Crippen MR) is 71.2 cm³/mol. The van der Waals surface area contributed by atoms with E-state index in [2.05, 4.69) is 15.1 Å². The third-order valence-corrected chi connectivity index (χ3v) is 3.86. The van der Waals surface area contributed by atoms with Crippen LogP contribution >= 0.6 is 0 Å². The number of aromatic nitrogens is 3. The highest BCUT2D eigenvalue weighted by Gasteiger charge is 2.35. The van der Waals surface area contributed by atoms with Gasteiger partial charge in [-0.05, 0) is 31.4 Å². The van der Waals surface area contributed by atoms with Crippen LogP contribution in [0.1, 0.15) is 43.6 Å². The Bertz CT molecular complexity index is 572. The second-order valence-electron chi connectivity index (χ2n) is 5.33. The van der Waals surface area contributed by atoms with Crippen LogP contribution in [0.5, 0.6) is 0 Å². The van der Waals surface area contributed by atoms with E-state index in [0.717, 1.165) is 36.8 Å². The Balaban J connectivity index is 1.93. The molecule has 0 atom stereocenters. The van der Waals surface area contributed by atoms with Crippen LogP contribution in [0.4, 0.5) is 0 Å². The zero-order chi connectivity index (χ0) is 13.3. The summed E-state index contributed by atoms with van der Waals surface area (Å²) in [5, 5.41) is 4.07. The number of pyridine rings is 1. The van der Waals surface area contributed by atoms with E-state index < -0.39 is 5.54 Å². The van der Waals surface area contributed by atoms with Crippen molar-refractivity contribution in [2.24, 2.45) is 5.73 Å². The second-order valence-corrected chi connectivity index (χ2v) is 5.33. The second kappa shape index (κ2) is 4.74. The number of hydrogen-bond donors (Lipinski definition) is 1. The Hall–Kier alpha value is -1.75. The van der Waals surface area contributed by atoms with Gasteiger partial charge in [-0.2, -0.15) is 4.98 Å². The third-order valence-electron chi connectivity index (χ3n) is 3.86. The SMILES string of the molecule is Cc1cnccc1-c1noc(C2(N)CCCCC2)n1. The van der Waals surface area contributed by atoms with E-state index in [1.54, 1.807) is 12.4 Å². The maximum absolute atomic E-state index is 6.40. The molecular weight excluding hydrogens is 240 g/mol. The van der Waals surface area contributed by atoms with E-state index >= 15 is 0 Å². The van der Waals surface area contributed by atoms with E-state index in [0.29, 0.717) is 11.7 Å². The third kappa shape index (κ3) is 2.26. The average molecular weight is 258 g/mol. The smallest absolute Gasteiger partial charge is 0.247 e. The highest BCUT2D eigenvalue weighted by atomic mass is 16.5. The van der Waals surface area contributed by atoms with Crippen molar-refractivity contribution in [3.63, 3.8) is 0 Å². The molecule has 0 amide bonds. The molecule has 5 heteroatoms. The Morgan fingerprint density at radius 1 is 1.26 bits per heavy atom. The standard InChI is InChI=1S/C14H18N4O/c1-10-9-16-8-5-11(10)12-17-13(19-18-12)14(15)6-3-2-4-7-14/h5,8-9H,2-4,6-7,15H2,1H3. The van der Waals surface area contributed by atoms with E-state index in [-0.39, 0.29) is 0 Å². The lowest BCUT2D eigenvalue weighted by molar-refractivity contribution is 0.220. The van der Waals surface area contributed by atoms with Crippen LogP contribution in [0.25, 0.3) is 11.4 Å². The maximum Gasteiger partial charge on any atom is 0.247 e. The Morgan fingerprint density at radius 3 is 2.79 bits per heavy atom. The summed E-state index contributed by atoms with van der Waals surface area (Å²) in [5.74, 6) is 1.17. The first-order valence-electron chi connectivity index (χ1n) is 6.73. The molecule has 2 heterocycles. The highest BCUT2D eigenvalue weighted by Crippen LogP contribution is 2.34. The minimum atomic E-state index is -0.440. The van der Waals surface area contributed by atoms with Crippen molar-refractivity contribution in [2.45, 2.75) is 44.6 Å². The minimum Gasteiger partial charge on any atom is -0.337 e. The van der Waals surface area contributed by atoms with Crippen LogP contribution in [0.3, 0.4) is 0 Å². The molecule has 0 aromatic carbocycles. The zero-order valence-corrected chi connectivity index (χ0v) is 11.1. The van der Waals surface area contributed by atoms with E-state index in [1.165, 1.54) is 6.42 Å². The minimum absolute atomic E-state index is 0.440. The highest BCUT2D eigenvalue weighted by molar-refractivity contribution is 5.58. The summed E-state index contributed by atoms with van der Waals surface area (Å²) in [4.78, 5) is 8.58. The largest absolute Gasteiger partial charge is 0.337 e. The molecule has 1 fully saturated rings. The average Bonchev–Trinajstić information content (AvgIpc) is 2.90. The summed E-state index contributed by atoms with van der Waals surface area (Å²) in [5.41, 5.74) is 7.94. The lowest BCUT2D eigenvalue weighted by atomic mass is 9.82. The first-order valence-corrected chi connectivity index (χ1v) is 6.73. The lowest BCUT2D eigenvalue weighted by Gasteiger charge is -2.29. The molecule has 0 aliphatic heterocycles. The zero-order valence-electron chi connectivity index (χ0n) is 11.1. The monoisotopic (exact) mass is 258 g/mol. The molecule has 0 spiro atoms. The van der Waals surface area contributed by atoms with Crippen molar-refractivity contribution in [2.75, 3.05) is 0 Å². The number of nitrogens with zero attached hydrogens (tertiary/aromatic N) is 3. The van der Waals surface area contributed by atoms with Gasteiger partial charge in [0.25, 0.3) is 0 Å². The van der Waals surface area contributed by atoms with Gasteiger partial charge < -0.3 is 10.3 Å². The molecule has 19 heavy (non-hydrogen) atoms. The quantitative estimate of drug-likeness (QED) is 0.895. The van der Waals surface area contributed by atoms with Crippen LogP contribution in [0.15, 0.2) is 23.0 Å². The van der Waals surface area contributed by atoms with Crippen LogP contribution in [0, 0.1) is 6.92 Å². The molecule has 2 N–H and O–H groups in total. The fraction of sp³-hybridized carbons (Fsp3) is 0.500. The van der Waals surface area contributed by atoms with Gasteiger partial charge in [-0.3, -0.25) is 4.98 Å². The summed E-state index contributed by atoms with van der Waals surface area (Å²) < 4.78 is 5.41. The van der Waals surface area contributed by atoms with Crippen molar-refractivity contribution in [1.82, 2.24) is 15.1 Å². The van der Waals surface area contributed by atoms with Gasteiger partial charge in [-0.25, -0.2) is 0 Å². The molecule has 0 bridgehead atoms. The Kier molecular flexibility index (Phi) is 3.06. The molecule has 2 aromatic heterocycles. The Labute approximate surface area is 112 Å². The van der Waals surface area contributed by atoms with Gasteiger partial charge in [0.1, 0.15) is 0 Å². The van der Waals surface area contributed by atoms with Crippen LogP contribution in [-0.4, -0.2) is 15.1 Å². The normalized spacial score (nSPS) is 18.4. The molecule has 0 radical (unpaired) electrons. The molecule has 1 aliphatic rings. The van der Waals surface area contributed by atoms with Gasteiger partial charge >= 0.3 is 0 Å². The topological polar surface area (TPSA) is 77.8 Å². The summed E-state index contributed by atoms with van der Waals surface area (Å²) in [6.45, 7) is 1.98. The van der Waals surface area contributed by atoms with Gasteiger partial charge in [0.15, 0.2) is 0 Å². The molecular formula is C14H18N4O.